The van der Waals surface area contributed by atoms with Crippen molar-refractivity contribution in [2.24, 2.45) is 0 Å². The molecule has 1 rings (SSSR count). The summed E-state index contributed by atoms with van der Waals surface area (Å²) in [4.78, 5) is -0.0666. The molecule has 1 aromatic rings. The highest BCUT2D eigenvalue weighted by atomic mass is 32.2. The summed E-state index contributed by atoms with van der Waals surface area (Å²) >= 11 is 0. The predicted molar refractivity (Wildman–Crippen MR) is 79.7 cm³/mol. The van der Waals surface area contributed by atoms with Crippen LogP contribution in [0, 0.1) is 6.92 Å². The highest BCUT2D eigenvalue weighted by Gasteiger charge is 2.06. The fourth-order valence-electron chi connectivity index (χ4n) is 1.26. The Bertz CT molecular complexity index is 454. The zero-order valence-electron chi connectivity index (χ0n) is 12.9. The van der Waals surface area contributed by atoms with Crippen LogP contribution < -0.4 is 0 Å². The van der Waals surface area contributed by atoms with Crippen LogP contribution in [0.1, 0.15) is 26.3 Å². The quantitative estimate of drug-likeness (QED) is 0.614. The van der Waals surface area contributed by atoms with E-state index in [2.05, 4.69) is 0 Å². The van der Waals surface area contributed by atoms with Gasteiger partial charge in [-0.15, -0.1) is 0 Å². The van der Waals surface area contributed by atoms with Crippen LogP contribution in [0.25, 0.3) is 0 Å². The lowest BCUT2D eigenvalue weighted by molar-refractivity contribution is -0.282. The van der Waals surface area contributed by atoms with Crippen LogP contribution in [0.2, 0.25) is 0 Å². The van der Waals surface area contributed by atoms with E-state index in [4.69, 9.17) is 18.8 Å². The number of hydrogen-bond acceptors (Lipinski definition) is 5. The predicted octanol–water partition coefficient (Wildman–Crippen LogP) is 2.62. The van der Waals surface area contributed by atoms with E-state index < -0.39 is 16.6 Å². The van der Waals surface area contributed by atoms with E-state index in [9.17, 15) is 8.42 Å². The summed E-state index contributed by atoms with van der Waals surface area (Å²) < 4.78 is 44.8. The van der Waals surface area contributed by atoms with Crippen LogP contribution in [0.4, 0.5) is 0 Å². The molecule has 0 saturated heterocycles. The number of benzene rings is 1. The third-order valence-corrected chi connectivity index (χ3v) is 3.09. The molecular weight excluding hydrogens is 296 g/mol. The molecule has 1 aromatic carbocycles. The summed E-state index contributed by atoms with van der Waals surface area (Å²) in [5.41, 5.74) is 0.956. The van der Waals surface area contributed by atoms with Crippen molar-refractivity contribution in [2.75, 3.05) is 19.8 Å². The molecule has 0 heterocycles. The second kappa shape index (κ2) is 10.7. The number of rotatable bonds is 7. The van der Waals surface area contributed by atoms with Crippen LogP contribution >= 0.6 is 0 Å². The molecule has 6 nitrogen and oxygen atoms in total. The highest BCUT2D eigenvalue weighted by molar-refractivity contribution is 7.85. The van der Waals surface area contributed by atoms with Crippen LogP contribution in [0.15, 0.2) is 29.2 Å². The molecule has 0 amide bonds. The Labute approximate surface area is 126 Å². The molecule has 0 unspecified atom stereocenters. The van der Waals surface area contributed by atoms with Crippen LogP contribution in [-0.2, 0) is 24.3 Å². The molecule has 7 heteroatoms. The first-order valence-electron chi connectivity index (χ1n) is 6.74. The average Bonchev–Trinajstić information content (AvgIpc) is 2.40. The minimum atomic E-state index is -4.02. The van der Waals surface area contributed by atoms with Gasteiger partial charge in [0.15, 0.2) is 0 Å². The largest absolute Gasteiger partial charge is 0.330 e. The summed E-state index contributed by atoms with van der Waals surface area (Å²) in [5.74, 6) is 0. The van der Waals surface area contributed by atoms with Crippen molar-refractivity contribution in [3.8, 4) is 0 Å². The van der Waals surface area contributed by atoms with Gasteiger partial charge in [0.2, 0.25) is 0 Å². The van der Waals surface area contributed by atoms with Crippen LogP contribution in [0.5, 0.6) is 0 Å². The summed E-state index contributed by atoms with van der Waals surface area (Å²) in [5, 5.41) is 0. The Morgan fingerprint density at radius 1 is 0.952 bits per heavy atom. The summed E-state index contributed by atoms with van der Waals surface area (Å²) in [6.07, 6.45) is 0. The van der Waals surface area contributed by atoms with E-state index in [1.165, 1.54) is 12.1 Å². The molecule has 122 valence electrons. The number of ether oxygens (including phenoxy) is 3. The summed E-state index contributed by atoms with van der Waals surface area (Å²) in [6.45, 7) is 8.94. The Balaban J connectivity index is 0.000000384. The normalized spacial score (nSPS) is 11.1. The van der Waals surface area contributed by atoms with Gasteiger partial charge in [0.25, 0.3) is 16.6 Å². The van der Waals surface area contributed by atoms with E-state index >= 15 is 0 Å². The van der Waals surface area contributed by atoms with Gasteiger partial charge in [-0.05, 0) is 39.8 Å². The third kappa shape index (κ3) is 9.54. The molecule has 1 N–H and O–H groups in total. The van der Waals surface area contributed by atoms with E-state index in [0.29, 0.717) is 19.8 Å². The molecule has 0 spiro atoms. The molecule has 0 atom stereocenters. The van der Waals surface area contributed by atoms with Gasteiger partial charge in [-0.25, -0.2) is 0 Å². The Morgan fingerprint density at radius 3 is 1.62 bits per heavy atom. The maximum atomic E-state index is 10.5. The SMILES string of the molecule is CCOC(OCC)OCC.Cc1ccc(S(=O)(=O)O)cc1. The van der Waals surface area contributed by atoms with Crippen molar-refractivity contribution in [1.29, 1.82) is 0 Å². The maximum Gasteiger partial charge on any atom is 0.294 e. The van der Waals surface area contributed by atoms with Gasteiger partial charge in [-0.3, -0.25) is 4.55 Å². The van der Waals surface area contributed by atoms with E-state index in [1.54, 1.807) is 12.1 Å². The molecule has 0 fully saturated rings. The first-order valence-corrected chi connectivity index (χ1v) is 8.18. The number of aryl methyl sites for hydroxylation is 1. The molecule has 21 heavy (non-hydrogen) atoms. The van der Waals surface area contributed by atoms with Crippen molar-refractivity contribution < 1.29 is 27.2 Å². The lowest BCUT2D eigenvalue weighted by Crippen LogP contribution is -2.20. The van der Waals surface area contributed by atoms with Crippen molar-refractivity contribution >= 4 is 10.1 Å². The molecular formula is C14H24O6S. The molecule has 0 radical (unpaired) electrons. The van der Waals surface area contributed by atoms with Crippen molar-refractivity contribution in [1.82, 2.24) is 0 Å². The fourth-order valence-corrected chi connectivity index (χ4v) is 1.74. The minimum Gasteiger partial charge on any atom is -0.330 e. The third-order valence-electron chi connectivity index (χ3n) is 2.23. The zero-order valence-corrected chi connectivity index (χ0v) is 13.7. The monoisotopic (exact) mass is 320 g/mol. The lowest BCUT2D eigenvalue weighted by Gasteiger charge is -2.15. The summed E-state index contributed by atoms with van der Waals surface area (Å²) in [6, 6.07) is 5.99. The van der Waals surface area contributed by atoms with Crippen LogP contribution in [0.3, 0.4) is 0 Å². The van der Waals surface area contributed by atoms with Gasteiger partial charge in [0.05, 0.1) is 4.90 Å². The Morgan fingerprint density at radius 2 is 1.33 bits per heavy atom. The molecule has 0 saturated carbocycles. The van der Waals surface area contributed by atoms with Crippen LogP contribution in [-0.4, -0.2) is 39.3 Å². The van der Waals surface area contributed by atoms with Gasteiger partial charge >= 0.3 is 0 Å². The first-order chi connectivity index (χ1) is 9.85. The molecule has 0 aliphatic carbocycles. The Hall–Kier alpha value is -0.990. The van der Waals surface area contributed by atoms with E-state index in [1.807, 2.05) is 27.7 Å². The van der Waals surface area contributed by atoms with E-state index in [0.717, 1.165) is 5.56 Å². The molecule has 0 aromatic heterocycles. The topological polar surface area (TPSA) is 82.1 Å². The molecule has 0 aliphatic heterocycles. The zero-order chi connectivity index (χ0) is 16.3. The standard InChI is InChI=1S/C7H8O3S.C7H16O3/c1-6-2-4-7(5-3-6)11(8,9)10;1-4-8-7(9-5-2)10-6-3/h2-5H,1H3,(H,8,9,10);7H,4-6H2,1-3H3. The second-order valence-corrected chi connectivity index (χ2v) is 5.36. The molecule has 0 bridgehead atoms. The maximum absolute atomic E-state index is 10.5. The van der Waals surface area contributed by atoms with Crippen molar-refractivity contribution in [3.05, 3.63) is 29.8 Å². The van der Waals surface area contributed by atoms with Gasteiger partial charge in [-0.2, -0.15) is 8.42 Å². The van der Waals surface area contributed by atoms with Gasteiger partial charge in [0.1, 0.15) is 0 Å². The average molecular weight is 320 g/mol. The lowest BCUT2D eigenvalue weighted by atomic mass is 10.2. The second-order valence-electron chi connectivity index (χ2n) is 3.94. The highest BCUT2D eigenvalue weighted by Crippen LogP contribution is 2.08. The van der Waals surface area contributed by atoms with Crippen molar-refractivity contribution in [3.63, 3.8) is 0 Å². The first kappa shape index (κ1) is 20.0. The van der Waals surface area contributed by atoms with Gasteiger partial charge in [0, 0.05) is 19.8 Å². The summed E-state index contributed by atoms with van der Waals surface area (Å²) in [7, 11) is -4.02. The molecule has 0 aliphatic rings. The fraction of sp³-hybridized carbons (Fsp3) is 0.571. The smallest absolute Gasteiger partial charge is 0.294 e. The number of hydrogen-bond donors (Lipinski definition) is 1. The van der Waals surface area contributed by atoms with E-state index in [-0.39, 0.29) is 4.90 Å². The van der Waals surface area contributed by atoms with Gasteiger partial charge < -0.3 is 14.2 Å². The van der Waals surface area contributed by atoms with Gasteiger partial charge in [-0.1, -0.05) is 17.7 Å². The van der Waals surface area contributed by atoms with Crippen molar-refractivity contribution in [2.45, 2.75) is 39.1 Å². The minimum absolute atomic E-state index is 0.0666. The Kier molecular flexibility index (Phi) is 10.2.